The molecule has 0 aliphatic carbocycles. The molecule has 0 fully saturated rings. The van der Waals surface area contributed by atoms with Crippen LogP contribution < -0.4 is 0 Å². The highest BCUT2D eigenvalue weighted by atomic mass is 35.5. The van der Waals surface area contributed by atoms with Crippen molar-refractivity contribution in [2.75, 3.05) is 13.2 Å². The van der Waals surface area contributed by atoms with Crippen molar-refractivity contribution in [1.29, 1.82) is 0 Å². The molecule has 0 aliphatic heterocycles. The molecule has 1 heterocycles. The van der Waals surface area contributed by atoms with Gasteiger partial charge < -0.3 is 10.2 Å². The zero-order valence-electron chi connectivity index (χ0n) is 20.4. The van der Waals surface area contributed by atoms with Gasteiger partial charge in [0.05, 0.1) is 19.4 Å². The van der Waals surface area contributed by atoms with Crippen molar-refractivity contribution < 1.29 is 10.2 Å². The van der Waals surface area contributed by atoms with E-state index in [9.17, 15) is 10.2 Å². The minimum atomic E-state index is -0.0410. The van der Waals surface area contributed by atoms with Gasteiger partial charge in [0, 0.05) is 38.7 Å². The molecule has 1 aromatic heterocycles. The number of rotatable bonds is 7. The smallest absolute Gasteiger partial charge is 0.0565 e. The Morgan fingerprint density at radius 1 is 0.526 bits per heavy atom. The Bertz CT molecular complexity index is 1340. The number of hydrogen-bond acceptors (Lipinski definition) is 3. The van der Waals surface area contributed by atoms with Crippen LogP contribution >= 0.6 is 34.8 Å². The van der Waals surface area contributed by atoms with Gasteiger partial charge in [0.25, 0.3) is 0 Å². The van der Waals surface area contributed by atoms with Gasteiger partial charge in [-0.05, 0) is 64.2 Å². The second-order valence-electron chi connectivity index (χ2n) is 8.73. The Labute approximate surface area is 237 Å². The molecule has 0 spiro atoms. The molecule has 0 radical (unpaired) electrons. The lowest BCUT2D eigenvalue weighted by Gasteiger charge is -2.15. The van der Waals surface area contributed by atoms with E-state index in [0.29, 0.717) is 15.1 Å². The van der Waals surface area contributed by atoms with Gasteiger partial charge in [-0.25, -0.2) is 0 Å². The Kier molecular flexibility index (Phi) is 9.99. The van der Waals surface area contributed by atoms with Crippen molar-refractivity contribution >= 4 is 34.8 Å². The number of nitrogens with zero attached hydrogens (tertiary/aromatic N) is 1. The topological polar surface area (TPSA) is 69.1 Å². The van der Waals surface area contributed by atoms with Crippen LogP contribution in [0.1, 0.15) is 34.1 Å². The predicted molar refractivity (Wildman–Crippen MR) is 156 cm³/mol. The number of hydrogen-bond donors (Lipinski definition) is 3. The molecule has 0 amide bonds. The van der Waals surface area contributed by atoms with Crippen LogP contribution in [0.25, 0.3) is 11.1 Å². The van der Waals surface area contributed by atoms with Crippen molar-refractivity contribution in [1.82, 2.24) is 10.2 Å². The third-order valence-electron chi connectivity index (χ3n) is 6.33. The van der Waals surface area contributed by atoms with Crippen molar-refractivity contribution in [3.63, 3.8) is 0 Å². The molecule has 1 atom stereocenters. The quantitative estimate of drug-likeness (QED) is 0.187. The molecule has 0 aliphatic rings. The van der Waals surface area contributed by atoms with E-state index in [-0.39, 0.29) is 25.0 Å². The average Bonchev–Trinajstić information content (AvgIpc) is 3.49. The molecule has 0 saturated carbocycles. The lowest BCUT2D eigenvalue weighted by atomic mass is 9.91. The zero-order valence-corrected chi connectivity index (χ0v) is 22.7. The van der Waals surface area contributed by atoms with Crippen LogP contribution in [-0.2, 0) is 0 Å². The van der Waals surface area contributed by atoms with Crippen LogP contribution in [0.4, 0.5) is 0 Å². The molecule has 7 heteroatoms. The second-order valence-corrected chi connectivity index (χ2v) is 10.0. The van der Waals surface area contributed by atoms with Crippen LogP contribution in [0.3, 0.4) is 0 Å². The summed E-state index contributed by atoms with van der Waals surface area (Å²) in [5, 5.41) is 28.1. The molecule has 4 aromatic carbocycles. The van der Waals surface area contributed by atoms with Gasteiger partial charge in [0.2, 0.25) is 0 Å². The number of benzene rings is 4. The molecular weight excluding hydrogens is 539 g/mol. The van der Waals surface area contributed by atoms with E-state index in [1.807, 2.05) is 103 Å². The lowest BCUT2D eigenvalue weighted by Crippen LogP contribution is -2.05. The van der Waals surface area contributed by atoms with E-state index < -0.39 is 0 Å². The molecule has 0 bridgehead atoms. The van der Waals surface area contributed by atoms with E-state index >= 15 is 0 Å². The Morgan fingerprint density at radius 3 is 1.16 bits per heavy atom. The molecular formula is C31H27Cl3N2O2. The molecule has 5 aromatic rings. The number of aliphatic hydroxyl groups is 2. The molecule has 194 valence electrons. The third-order valence-corrected chi connectivity index (χ3v) is 7.08. The summed E-state index contributed by atoms with van der Waals surface area (Å²) >= 11 is 17.6. The van der Waals surface area contributed by atoms with E-state index in [1.165, 1.54) is 0 Å². The molecule has 0 saturated heterocycles. The summed E-state index contributed by atoms with van der Waals surface area (Å²) in [5.74, 6) is -0.0785. The van der Waals surface area contributed by atoms with Crippen LogP contribution in [0.5, 0.6) is 0 Å². The number of nitrogens with one attached hydrogen (secondary N) is 1. The van der Waals surface area contributed by atoms with Gasteiger partial charge in [-0.1, -0.05) is 95.5 Å². The minimum absolute atomic E-state index is 0.0375. The maximum Gasteiger partial charge on any atom is 0.0565 e. The Hall–Kier alpha value is -3.12. The standard InChI is InChI=1S/C17H15ClN2O.C14H12Cl2O/c18-16-7-5-14(6-8-16)17(11-21)13-3-1-12(2-4-13)15-9-19-20-10-15;15-12-5-1-10(2-6-12)14(9-17)11-3-7-13(16)8-4-11/h1-10,17,21H,11H2,(H,19,20);1-8,14,17H,9H2. The third kappa shape index (κ3) is 7.25. The predicted octanol–water partition coefficient (Wildman–Crippen LogP) is 7.97. The van der Waals surface area contributed by atoms with E-state index in [2.05, 4.69) is 10.2 Å². The molecule has 4 nitrogen and oxygen atoms in total. The van der Waals surface area contributed by atoms with Gasteiger partial charge in [-0.3, -0.25) is 5.10 Å². The van der Waals surface area contributed by atoms with Gasteiger partial charge in [0.1, 0.15) is 0 Å². The van der Waals surface area contributed by atoms with Gasteiger partial charge in [-0.15, -0.1) is 0 Å². The fourth-order valence-electron chi connectivity index (χ4n) is 4.21. The van der Waals surface area contributed by atoms with Gasteiger partial charge in [-0.2, -0.15) is 5.10 Å². The first-order valence-electron chi connectivity index (χ1n) is 12.1. The van der Waals surface area contributed by atoms with Gasteiger partial charge >= 0.3 is 0 Å². The summed E-state index contributed by atoms with van der Waals surface area (Å²) in [5.41, 5.74) is 6.36. The first kappa shape index (κ1) is 27.9. The number of H-pyrrole nitrogens is 1. The number of aromatic nitrogens is 2. The van der Waals surface area contributed by atoms with Crippen molar-refractivity contribution in [2.45, 2.75) is 11.8 Å². The zero-order chi connectivity index (χ0) is 26.9. The van der Waals surface area contributed by atoms with Crippen molar-refractivity contribution in [3.8, 4) is 11.1 Å². The van der Waals surface area contributed by atoms with Crippen LogP contribution in [0.2, 0.25) is 15.1 Å². The number of halogens is 3. The van der Waals surface area contributed by atoms with Crippen molar-refractivity contribution in [3.05, 3.63) is 147 Å². The van der Waals surface area contributed by atoms with Crippen LogP contribution in [0.15, 0.2) is 109 Å². The molecule has 5 rings (SSSR count). The first-order valence-corrected chi connectivity index (χ1v) is 13.2. The highest BCUT2D eigenvalue weighted by Crippen LogP contribution is 2.28. The van der Waals surface area contributed by atoms with E-state index in [0.717, 1.165) is 33.4 Å². The minimum Gasteiger partial charge on any atom is -0.395 e. The molecule has 38 heavy (non-hydrogen) atoms. The van der Waals surface area contributed by atoms with E-state index in [4.69, 9.17) is 34.8 Å². The highest BCUT2D eigenvalue weighted by molar-refractivity contribution is 6.31. The summed E-state index contributed by atoms with van der Waals surface area (Å²) < 4.78 is 0. The fourth-order valence-corrected chi connectivity index (χ4v) is 4.59. The van der Waals surface area contributed by atoms with Crippen LogP contribution in [-0.4, -0.2) is 33.6 Å². The van der Waals surface area contributed by atoms with E-state index in [1.54, 1.807) is 6.20 Å². The summed E-state index contributed by atoms with van der Waals surface area (Å²) in [6.07, 6.45) is 3.65. The monoisotopic (exact) mass is 564 g/mol. The Balaban J connectivity index is 0.000000181. The summed E-state index contributed by atoms with van der Waals surface area (Å²) in [4.78, 5) is 0. The highest BCUT2D eigenvalue weighted by Gasteiger charge is 2.14. The molecule has 3 N–H and O–H groups in total. The Morgan fingerprint density at radius 2 is 0.868 bits per heavy atom. The maximum atomic E-state index is 9.71. The molecule has 1 unspecified atom stereocenters. The second kappa shape index (κ2) is 13.6. The number of aromatic amines is 1. The van der Waals surface area contributed by atoms with Crippen LogP contribution in [0, 0.1) is 0 Å². The van der Waals surface area contributed by atoms with Gasteiger partial charge in [0.15, 0.2) is 0 Å². The summed E-state index contributed by atoms with van der Waals surface area (Å²) in [6, 6.07) is 30.8. The fraction of sp³-hybridized carbons (Fsp3) is 0.129. The maximum absolute atomic E-state index is 9.71. The SMILES string of the molecule is OCC(c1ccc(Cl)cc1)c1ccc(-c2cn[nH]c2)cc1.OCC(c1ccc(Cl)cc1)c1ccc(Cl)cc1. The van der Waals surface area contributed by atoms with Crippen molar-refractivity contribution in [2.24, 2.45) is 0 Å². The number of aliphatic hydroxyl groups excluding tert-OH is 2. The summed E-state index contributed by atoms with van der Waals surface area (Å²) in [7, 11) is 0. The largest absolute Gasteiger partial charge is 0.395 e. The lowest BCUT2D eigenvalue weighted by molar-refractivity contribution is 0.280. The summed E-state index contributed by atoms with van der Waals surface area (Å²) in [6.45, 7) is 0.121. The normalized spacial score (nSPS) is 11.6. The first-order chi connectivity index (χ1) is 18.5. The average molecular weight is 566 g/mol.